The fourth-order valence-electron chi connectivity index (χ4n) is 0.472. The highest BCUT2D eigenvalue weighted by molar-refractivity contribution is 5.67. The van der Waals surface area contributed by atoms with Crippen LogP contribution in [0.3, 0.4) is 0 Å². The lowest BCUT2D eigenvalue weighted by Gasteiger charge is -2.08. The Kier molecular flexibility index (Phi) is 5.10. The highest BCUT2D eigenvalue weighted by atomic mass is 16.7. The second-order valence-electron chi connectivity index (χ2n) is 2.24. The van der Waals surface area contributed by atoms with E-state index in [2.05, 4.69) is 22.0 Å². The van der Waals surface area contributed by atoms with Gasteiger partial charge in [0.2, 0.25) is 0 Å². The van der Waals surface area contributed by atoms with E-state index in [1.54, 1.807) is 0 Å². The van der Waals surface area contributed by atoms with Gasteiger partial charge in [0, 0.05) is 19.8 Å². The van der Waals surface area contributed by atoms with Crippen molar-refractivity contribution in [1.82, 2.24) is 10.2 Å². The van der Waals surface area contributed by atoms with Crippen LogP contribution in [0.5, 0.6) is 0 Å². The maximum Gasteiger partial charge on any atom is 0.433 e. The van der Waals surface area contributed by atoms with Crippen LogP contribution in [0.25, 0.3) is 0 Å². The number of rotatable bonds is 4. The van der Waals surface area contributed by atoms with Crippen molar-refractivity contribution in [2.75, 3.05) is 27.2 Å². The van der Waals surface area contributed by atoms with Crippen molar-refractivity contribution in [3.05, 3.63) is 0 Å². The second kappa shape index (κ2) is 5.67. The van der Waals surface area contributed by atoms with Crippen LogP contribution in [-0.4, -0.2) is 44.9 Å². The van der Waals surface area contributed by atoms with Gasteiger partial charge >= 0.3 is 6.09 Å². The van der Waals surface area contributed by atoms with E-state index < -0.39 is 6.09 Å². The molecule has 0 spiro atoms. The SMILES string of the molecule is C=NOC(=O)NCCN(C)C. The van der Waals surface area contributed by atoms with Crippen LogP contribution >= 0.6 is 0 Å². The lowest BCUT2D eigenvalue weighted by atomic mass is 10.6. The summed E-state index contributed by atoms with van der Waals surface area (Å²) in [4.78, 5) is 16.7. The third-order valence-corrected chi connectivity index (χ3v) is 0.976. The molecule has 1 amide bonds. The number of nitrogens with one attached hydrogen (secondary N) is 1. The van der Waals surface area contributed by atoms with Crippen LogP contribution in [0.2, 0.25) is 0 Å². The van der Waals surface area contributed by atoms with E-state index in [4.69, 9.17) is 0 Å². The molecule has 0 atom stereocenters. The van der Waals surface area contributed by atoms with E-state index in [9.17, 15) is 4.79 Å². The van der Waals surface area contributed by atoms with Gasteiger partial charge in [0.1, 0.15) is 0 Å². The molecule has 5 nitrogen and oxygen atoms in total. The van der Waals surface area contributed by atoms with Crippen LogP contribution in [0.4, 0.5) is 4.79 Å². The van der Waals surface area contributed by atoms with Crippen molar-refractivity contribution in [1.29, 1.82) is 0 Å². The van der Waals surface area contributed by atoms with Gasteiger partial charge in [-0.2, -0.15) is 0 Å². The number of nitrogens with zero attached hydrogens (tertiary/aromatic N) is 2. The zero-order valence-electron chi connectivity index (χ0n) is 6.83. The molecule has 1 N–H and O–H groups in total. The number of amides is 1. The number of hydrogen-bond acceptors (Lipinski definition) is 4. The first-order valence-electron chi connectivity index (χ1n) is 3.22. The molecule has 0 saturated carbocycles. The number of carbonyl (C=O) groups excluding carboxylic acids is 1. The van der Waals surface area contributed by atoms with E-state index in [-0.39, 0.29) is 0 Å². The molecule has 0 heterocycles. The van der Waals surface area contributed by atoms with Crippen LogP contribution in [-0.2, 0) is 4.84 Å². The van der Waals surface area contributed by atoms with Crippen LogP contribution < -0.4 is 5.32 Å². The second-order valence-corrected chi connectivity index (χ2v) is 2.24. The smallest absolute Gasteiger partial charge is 0.318 e. The average Bonchev–Trinajstić information content (AvgIpc) is 1.87. The van der Waals surface area contributed by atoms with Crippen LogP contribution in [0.15, 0.2) is 5.16 Å². The Morgan fingerprint density at radius 3 is 2.82 bits per heavy atom. The summed E-state index contributed by atoms with van der Waals surface area (Å²) in [6, 6.07) is 0. The number of carbonyl (C=O) groups is 1. The summed E-state index contributed by atoms with van der Waals surface area (Å²) >= 11 is 0. The lowest BCUT2D eigenvalue weighted by Crippen LogP contribution is -2.30. The Morgan fingerprint density at radius 2 is 2.36 bits per heavy atom. The van der Waals surface area contributed by atoms with Crippen molar-refractivity contribution < 1.29 is 9.63 Å². The van der Waals surface area contributed by atoms with Crippen LogP contribution in [0.1, 0.15) is 0 Å². The summed E-state index contributed by atoms with van der Waals surface area (Å²) in [7, 11) is 3.83. The predicted octanol–water partition coefficient (Wildman–Crippen LogP) is -0.110. The third kappa shape index (κ3) is 6.79. The monoisotopic (exact) mass is 159 g/mol. The number of likely N-dealkylation sites (N-methyl/N-ethyl adjacent to an activating group) is 1. The van der Waals surface area contributed by atoms with Gasteiger partial charge in [-0.25, -0.2) is 4.79 Å². The summed E-state index contributed by atoms with van der Waals surface area (Å²) in [5, 5.41) is 5.44. The van der Waals surface area contributed by atoms with Gasteiger partial charge in [-0.05, 0) is 14.1 Å². The molecule has 0 fully saturated rings. The Morgan fingerprint density at radius 1 is 1.73 bits per heavy atom. The molecular weight excluding hydrogens is 146 g/mol. The molecule has 0 aliphatic carbocycles. The summed E-state index contributed by atoms with van der Waals surface area (Å²) in [6.45, 7) is 4.31. The van der Waals surface area contributed by atoms with E-state index in [0.29, 0.717) is 6.54 Å². The van der Waals surface area contributed by atoms with Crippen LogP contribution in [0, 0.1) is 0 Å². The molecule has 0 rings (SSSR count). The molecule has 0 aromatic carbocycles. The molecular formula is C6H13N3O2. The van der Waals surface area contributed by atoms with Gasteiger partial charge < -0.3 is 10.2 Å². The fourth-order valence-corrected chi connectivity index (χ4v) is 0.472. The Bertz CT molecular complexity index is 136. The van der Waals surface area contributed by atoms with Gasteiger partial charge in [0.15, 0.2) is 0 Å². The van der Waals surface area contributed by atoms with Gasteiger partial charge in [-0.15, -0.1) is 0 Å². The topological polar surface area (TPSA) is 53.9 Å². The minimum Gasteiger partial charge on any atom is -0.318 e. The van der Waals surface area contributed by atoms with Gasteiger partial charge in [0.25, 0.3) is 0 Å². The van der Waals surface area contributed by atoms with Crippen molar-refractivity contribution >= 4 is 12.8 Å². The van der Waals surface area contributed by atoms with Crippen molar-refractivity contribution in [2.45, 2.75) is 0 Å². The third-order valence-electron chi connectivity index (χ3n) is 0.976. The van der Waals surface area contributed by atoms with E-state index in [0.717, 1.165) is 6.54 Å². The molecule has 64 valence electrons. The summed E-state index contributed by atoms with van der Waals surface area (Å²) in [5.74, 6) is 0. The molecule has 0 radical (unpaired) electrons. The quantitative estimate of drug-likeness (QED) is 0.354. The molecule has 0 saturated heterocycles. The fraction of sp³-hybridized carbons (Fsp3) is 0.667. The van der Waals surface area contributed by atoms with Gasteiger partial charge in [-0.3, -0.25) is 4.84 Å². The first kappa shape index (κ1) is 9.90. The number of oxime groups is 1. The lowest BCUT2D eigenvalue weighted by molar-refractivity contribution is 0.151. The Hall–Kier alpha value is -1.10. The van der Waals surface area contributed by atoms with Gasteiger partial charge in [0.05, 0.1) is 0 Å². The molecule has 0 aliphatic rings. The largest absolute Gasteiger partial charge is 0.433 e. The highest BCUT2D eigenvalue weighted by Gasteiger charge is 1.98. The average molecular weight is 159 g/mol. The zero-order valence-corrected chi connectivity index (χ0v) is 6.83. The standard InChI is InChI=1S/C6H13N3O2/c1-7-11-6(10)8-4-5-9(2)3/h1,4-5H2,2-3H3,(H,8,10). The molecule has 5 heteroatoms. The Balaban J connectivity index is 3.24. The minimum atomic E-state index is -0.568. The first-order valence-corrected chi connectivity index (χ1v) is 3.22. The van der Waals surface area contributed by atoms with Crippen molar-refractivity contribution in [2.24, 2.45) is 5.16 Å². The summed E-state index contributed by atoms with van der Waals surface area (Å²) in [6.07, 6.45) is -0.568. The molecule has 0 aromatic heterocycles. The molecule has 11 heavy (non-hydrogen) atoms. The maximum atomic E-state index is 10.5. The summed E-state index contributed by atoms with van der Waals surface area (Å²) in [5.41, 5.74) is 0. The van der Waals surface area contributed by atoms with E-state index >= 15 is 0 Å². The molecule has 0 aromatic rings. The van der Waals surface area contributed by atoms with E-state index in [1.807, 2.05) is 19.0 Å². The normalized spacial score (nSPS) is 9.36. The summed E-state index contributed by atoms with van der Waals surface area (Å²) < 4.78 is 0. The number of hydrogen-bond donors (Lipinski definition) is 1. The minimum absolute atomic E-state index is 0.543. The zero-order chi connectivity index (χ0) is 8.69. The van der Waals surface area contributed by atoms with E-state index in [1.165, 1.54) is 0 Å². The van der Waals surface area contributed by atoms with Crippen molar-refractivity contribution in [3.63, 3.8) is 0 Å². The van der Waals surface area contributed by atoms with Crippen molar-refractivity contribution in [3.8, 4) is 0 Å². The predicted molar refractivity (Wildman–Crippen MR) is 42.6 cm³/mol. The Labute approximate surface area is 66.0 Å². The molecule has 0 bridgehead atoms. The first-order chi connectivity index (χ1) is 5.16. The van der Waals surface area contributed by atoms with Gasteiger partial charge in [-0.1, -0.05) is 5.16 Å². The highest BCUT2D eigenvalue weighted by Crippen LogP contribution is 1.76. The maximum absolute atomic E-state index is 10.5. The molecule has 0 aliphatic heterocycles. The molecule has 0 unspecified atom stereocenters.